The van der Waals surface area contributed by atoms with Crippen LogP contribution < -0.4 is 5.32 Å². The number of aryl methyl sites for hydroxylation is 2. The van der Waals surface area contributed by atoms with Crippen molar-refractivity contribution >= 4 is 17.6 Å². The normalized spacial score (nSPS) is 10.6. The highest BCUT2D eigenvalue weighted by atomic mass is 16.5. The number of anilines is 2. The lowest BCUT2D eigenvalue weighted by molar-refractivity contribution is 0.0513. The molecule has 0 atom stereocenters. The molecule has 0 fully saturated rings. The molecule has 0 aromatic carbocycles. The number of hydrogen-bond donors (Lipinski definition) is 1. The number of carbonyl (C=O) groups excluding carboxylic acids is 1. The van der Waals surface area contributed by atoms with E-state index >= 15 is 0 Å². The van der Waals surface area contributed by atoms with E-state index in [2.05, 4.69) is 25.5 Å². The zero-order valence-electron chi connectivity index (χ0n) is 13.6. The fraction of sp³-hybridized carbons (Fsp3) is 0.267. The standard InChI is InChI=1S/C15H17N7O2/c1-4-24-14(23)13-7-12(20-22(13)3)11-5-6-16-15(19-11)18-10-8-17-21(2)9-10/h5-9H,4H2,1-3H3,(H,16,18,19). The van der Waals surface area contributed by atoms with E-state index in [0.717, 1.165) is 5.69 Å². The maximum Gasteiger partial charge on any atom is 0.356 e. The Bertz CT molecular complexity index is 868. The first kappa shape index (κ1) is 15.7. The number of hydrogen-bond acceptors (Lipinski definition) is 7. The molecular formula is C15H17N7O2. The van der Waals surface area contributed by atoms with Crippen LogP contribution in [0.1, 0.15) is 17.4 Å². The summed E-state index contributed by atoms with van der Waals surface area (Å²) in [4.78, 5) is 20.5. The van der Waals surface area contributed by atoms with E-state index in [-0.39, 0.29) is 0 Å². The lowest BCUT2D eigenvalue weighted by atomic mass is 10.3. The Morgan fingerprint density at radius 2 is 2.17 bits per heavy atom. The average molecular weight is 327 g/mol. The van der Waals surface area contributed by atoms with Crippen LogP contribution in [-0.2, 0) is 18.8 Å². The molecule has 9 nitrogen and oxygen atoms in total. The van der Waals surface area contributed by atoms with E-state index < -0.39 is 5.97 Å². The van der Waals surface area contributed by atoms with Gasteiger partial charge in [0, 0.05) is 32.6 Å². The third-order valence-electron chi connectivity index (χ3n) is 3.24. The third kappa shape index (κ3) is 3.24. The summed E-state index contributed by atoms with van der Waals surface area (Å²) in [6.07, 6.45) is 5.12. The summed E-state index contributed by atoms with van der Waals surface area (Å²) in [6.45, 7) is 2.07. The molecule has 124 valence electrons. The van der Waals surface area contributed by atoms with Gasteiger partial charge in [-0.15, -0.1) is 0 Å². The lowest BCUT2D eigenvalue weighted by Gasteiger charge is -2.02. The van der Waals surface area contributed by atoms with Crippen molar-refractivity contribution in [2.75, 3.05) is 11.9 Å². The summed E-state index contributed by atoms with van der Waals surface area (Å²) in [5.41, 5.74) is 2.31. The van der Waals surface area contributed by atoms with Gasteiger partial charge >= 0.3 is 5.97 Å². The summed E-state index contributed by atoms with van der Waals surface area (Å²) >= 11 is 0. The number of nitrogens with zero attached hydrogens (tertiary/aromatic N) is 6. The largest absolute Gasteiger partial charge is 0.461 e. The van der Waals surface area contributed by atoms with Crippen molar-refractivity contribution < 1.29 is 9.53 Å². The van der Waals surface area contributed by atoms with Gasteiger partial charge in [0.05, 0.1) is 24.2 Å². The first-order valence-corrected chi connectivity index (χ1v) is 7.37. The predicted molar refractivity (Wildman–Crippen MR) is 86.7 cm³/mol. The van der Waals surface area contributed by atoms with E-state index in [9.17, 15) is 4.79 Å². The predicted octanol–water partition coefficient (Wildman–Crippen LogP) is 1.53. The van der Waals surface area contributed by atoms with Crippen LogP contribution in [0.5, 0.6) is 0 Å². The van der Waals surface area contributed by atoms with Crippen LogP contribution in [0, 0.1) is 0 Å². The van der Waals surface area contributed by atoms with Crippen molar-refractivity contribution in [1.29, 1.82) is 0 Å². The van der Waals surface area contributed by atoms with E-state index in [1.54, 1.807) is 43.2 Å². The average Bonchev–Trinajstić information content (AvgIpc) is 3.14. The van der Waals surface area contributed by atoms with Crippen molar-refractivity contribution in [3.8, 4) is 11.4 Å². The van der Waals surface area contributed by atoms with Gasteiger partial charge in [0.1, 0.15) is 11.4 Å². The molecule has 0 spiro atoms. The van der Waals surface area contributed by atoms with Gasteiger partial charge in [-0.1, -0.05) is 0 Å². The van der Waals surface area contributed by atoms with Crippen LogP contribution in [0.4, 0.5) is 11.6 Å². The summed E-state index contributed by atoms with van der Waals surface area (Å²) in [5.74, 6) is 0.00496. The summed E-state index contributed by atoms with van der Waals surface area (Å²) < 4.78 is 8.16. The van der Waals surface area contributed by atoms with Crippen LogP contribution in [0.15, 0.2) is 30.7 Å². The molecule has 0 aliphatic carbocycles. The second-order valence-corrected chi connectivity index (χ2v) is 5.05. The van der Waals surface area contributed by atoms with E-state index in [1.807, 2.05) is 13.2 Å². The van der Waals surface area contributed by atoms with Gasteiger partial charge in [0.25, 0.3) is 0 Å². The number of esters is 1. The molecule has 24 heavy (non-hydrogen) atoms. The fourth-order valence-corrected chi connectivity index (χ4v) is 2.16. The van der Waals surface area contributed by atoms with Crippen molar-refractivity contribution in [1.82, 2.24) is 29.5 Å². The molecule has 0 saturated heterocycles. The Labute approximate surface area is 138 Å². The highest BCUT2D eigenvalue weighted by molar-refractivity contribution is 5.88. The number of rotatable bonds is 5. The molecule has 3 heterocycles. The number of aromatic nitrogens is 6. The lowest BCUT2D eigenvalue weighted by Crippen LogP contribution is -2.10. The molecule has 3 aromatic rings. The molecule has 3 aromatic heterocycles. The molecule has 0 aliphatic rings. The second-order valence-electron chi connectivity index (χ2n) is 5.05. The number of ether oxygens (including phenoxy) is 1. The van der Waals surface area contributed by atoms with Gasteiger partial charge in [0.15, 0.2) is 0 Å². The van der Waals surface area contributed by atoms with Gasteiger partial charge in [-0.05, 0) is 13.0 Å². The first-order chi connectivity index (χ1) is 11.6. The zero-order chi connectivity index (χ0) is 17.1. The molecule has 0 bridgehead atoms. The maximum absolute atomic E-state index is 11.9. The number of carbonyl (C=O) groups is 1. The molecule has 0 unspecified atom stereocenters. The van der Waals surface area contributed by atoms with Crippen LogP contribution >= 0.6 is 0 Å². The molecule has 0 amide bonds. The zero-order valence-corrected chi connectivity index (χ0v) is 13.6. The molecule has 0 aliphatic heterocycles. The van der Waals surface area contributed by atoms with Crippen LogP contribution in [0.2, 0.25) is 0 Å². The van der Waals surface area contributed by atoms with Gasteiger partial charge in [0.2, 0.25) is 5.95 Å². The first-order valence-electron chi connectivity index (χ1n) is 7.37. The van der Waals surface area contributed by atoms with Crippen molar-refractivity contribution in [3.63, 3.8) is 0 Å². The second kappa shape index (κ2) is 6.49. The third-order valence-corrected chi connectivity index (χ3v) is 3.24. The van der Waals surface area contributed by atoms with Crippen molar-refractivity contribution in [2.45, 2.75) is 6.92 Å². The highest BCUT2D eigenvalue weighted by Gasteiger charge is 2.16. The fourth-order valence-electron chi connectivity index (χ4n) is 2.16. The molecule has 0 radical (unpaired) electrons. The summed E-state index contributed by atoms with van der Waals surface area (Å²) in [7, 11) is 3.51. The molecule has 1 N–H and O–H groups in total. The Kier molecular flexibility index (Phi) is 4.23. The minimum Gasteiger partial charge on any atom is -0.461 e. The van der Waals surface area contributed by atoms with Crippen LogP contribution in [-0.4, -0.2) is 42.1 Å². The van der Waals surface area contributed by atoms with Gasteiger partial charge < -0.3 is 10.1 Å². The molecule has 0 saturated carbocycles. The Hall–Kier alpha value is -3.23. The monoisotopic (exact) mass is 327 g/mol. The van der Waals surface area contributed by atoms with Gasteiger partial charge in [-0.3, -0.25) is 9.36 Å². The quantitative estimate of drug-likeness (QED) is 0.709. The van der Waals surface area contributed by atoms with E-state index in [4.69, 9.17) is 4.74 Å². The minimum atomic E-state index is -0.415. The maximum atomic E-state index is 11.9. The summed E-state index contributed by atoms with van der Waals surface area (Å²) in [5, 5.41) is 11.5. The Balaban J connectivity index is 1.86. The Morgan fingerprint density at radius 3 is 2.88 bits per heavy atom. The van der Waals surface area contributed by atoms with Crippen molar-refractivity contribution in [2.24, 2.45) is 14.1 Å². The van der Waals surface area contributed by atoms with E-state index in [0.29, 0.717) is 29.6 Å². The van der Waals surface area contributed by atoms with Gasteiger partial charge in [-0.2, -0.15) is 10.2 Å². The molecular weight excluding hydrogens is 310 g/mol. The molecule has 9 heteroatoms. The van der Waals surface area contributed by atoms with E-state index in [1.165, 1.54) is 4.68 Å². The van der Waals surface area contributed by atoms with Crippen LogP contribution in [0.3, 0.4) is 0 Å². The van der Waals surface area contributed by atoms with Gasteiger partial charge in [-0.25, -0.2) is 14.8 Å². The summed E-state index contributed by atoms with van der Waals surface area (Å²) in [6, 6.07) is 3.37. The smallest absolute Gasteiger partial charge is 0.356 e. The SMILES string of the molecule is CCOC(=O)c1cc(-c2ccnc(Nc3cnn(C)c3)n2)nn1C. The topological polar surface area (TPSA) is 99.8 Å². The van der Waals surface area contributed by atoms with Crippen LogP contribution in [0.25, 0.3) is 11.4 Å². The Morgan fingerprint density at radius 1 is 1.33 bits per heavy atom. The number of nitrogens with one attached hydrogen (secondary N) is 1. The van der Waals surface area contributed by atoms with Crippen molar-refractivity contribution in [3.05, 3.63) is 36.4 Å². The minimum absolute atomic E-state index is 0.312. The highest BCUT2D eigenvalue weighted by Crippen LogP contribution is 2.19. The molecule has 3 rings (SSSR count).